The van der Waals surface area contributed by atoms with E-state index in [2.05, 4.69) is 40.2 Å². The fraction of sp³-hybridized carbons (Fsp3) is 0.300. The first-order valence-electron chi connectivity index (χ1n) is 8.29. The maximum absolute atomic E-state index is 5.96. The summed E-state index contributed by atoms with van der Waals surface area (Å²) in [5, 5.41) is 0.791. The van der Waals surface area contributed by atoms with Crippen LogP contribution >= 0.6 is 11.6 Å². The minimum atomic E-state index is 0.791. The minimum absolute atomic E-state index is 0.791. The number of anilines is 1. The standard InChI is InChI=1S/C20H23ClN2O/c1-24-20-7-3-2-5-17(20)6-4-12-22-13-15-23(16-14-22)19-10-8-18(21)9-11-19/h2-11H,12-16H2,1H3/b6-4+. The smallest absolute Gasteiger partial charge is 0.126 e. The van der Waals surface area contributed by atoms with Crippen molar-refractivity contribution in [1.82, 2.24) is 4.90 Å². The Kier molecular flexibility index (Phi) is 5.78. The number of hydrogen-bond acceptors (Lipinski definition) is 3. The molecule has 0 spiro atoms. The Bertz CT molecular complexity index is 676. The largest absolute Gasteiger partial charge is 0.496 e. The molecule has 1 heterocycles. The summed E-state index contributed by atoms with van der Waals surface area (Å²) in [4.78, 5) is 4.88. The lowest BCUT2D eigenvalue weighted by Gasteiger charge is -2.35. The molecular weight excluding hydrogens is 320 g/mol. The number of halogens is 1. The van der Waals surface area contributed by atoms with E-state index in [1.165, 1.54) is 5.69 Å². The number of hydrogen-bond donors (Lipinski definition) is 0. The Labute approximate surface area is 149 Å². The molecule has 3 rings (SSSR count). The molecule has 0 amide bonds. The van der Waals surface area contributed by atoms with Crippen LogP contribution in [0, 0.1) is 0 Å². The quantitative estimate of drug-likeness (QED) is 0.810. The van der Waals surface area contributed by atoms with Gasteiger partial charge < -0.3 is 9.64 Å². The highest BCUT2D eigenvalue weighted by atomic mass is 35.5. The fourth-order valence-corrected chi connectivity index (χ4v) is 3.10. The molecule has 2 aromatic carbocycles. The topological polar surface area (TPSA) is 15.7 Å². The first kappa shape index (κ1) is 16.9. The van der Waals surface area contributed by atoms with Gasteiger partial charge in [-0.3, -0.25) is 4.90 Å². The average molecular weight is 343 g/mol. The fourth-order valence-electron chi connectivity index (χ4n) is 2.97. The lowest BCUT2D eigenvalue weighted by molar-refractivity contribution is 0.284. The molecule has 1 aliphatic rings. The molecule has 0 N–H and O–H groups in total. The molecule has 0 aliphatic carbocycles. The highest BCUT2D eigenvalue weighted by molar-refractivity contribution is 6.30. The normalized spacial score (nSPS) is 15.8. The van der Waals surface area contributed by atoms with Crippen LogP contribution in [0.25, 0.3) is 6.08 Å². The summed E-state index contributed by atoms with van der Waals surface area (Å²) in [5.41, 5.74) is 2.38. The van der Waals surface area contributed by atoms with Crippen molar-refractivity contribution in [3.05, 3.63) is 65.2 Å². The molecule has 2 aromatic rings. The van der Waals surface area contributed by atoms with E-state index in [1.807, 2.05) is 30.3 Å². The van der Waals surface area contributed by atoms with Crippen molar-refractivity contribution < 1.29 is 4.74 Å². The van der Waals surface area contributed by atoms with Gasteiger partial charge in [-0.1, -0.05) is 42.0 Å². The van der Waals surface area contributed by atoms with Gasteiger partial charge in [-0.05, 0) is 30.3 Å². The molecule has 0 radical (unpaired) electrons. The lowest BCUT2D eigenvalue weighted by Crippen LogP contribution is -2.46. The lowest BCUT2D eigenvalue weighted by atomic mass is 10.2. The van der Waals surface area contributed by atoms with Gasteiger partial charge in [0.05, 0.1) is 7.11 Å². The van der Waals surface area contributed by atoms with Crippen molar-refractivity contribution >= 4 is 23.4 Å². The van der Waals surface area contributed by atoms with Gasteiger partial charge in [0.25, 0.3) is 0 Å². The van der Waals surface area contributed by atoms with Crippen molar-refractivity contribution in [3.63, 3.8) is 0 Å². The maximum atomic E-state index is 5.96. The number of methoxy groups -OCH3 is 1. The molecular formula is C20H23ClN2O. The van der Waals surface area contributed by atoms with E-state index in [0.29, 0.717) is 0 Å². The summed E-state index contributed by atoms with van der Waals surface area (Å²) in [6.07, 6.45) is 4.36. The van der Waals surface area contributed by atoms with Crippen LogP contribution in [0.2, 0.25) is 5.02 Å². The van der Waals surface area contributed by atoms with E-state index >= 15 is 0 Å². The van der Waals surface area contributed by atoms with E-state index < -0.39 is 0 Å². The Balaban J connectivity index is 1.50. The number of para-hydroxylation sites is 1. The van der Waals surface area contributed by atoms with Crippen LogP contribution in [0.15, 0.2) is 54.6 Å². The van der Waals surface area contributed by atoms with Gasteiger partial charge >= 0.3 is 0 Å². The van der Waals surface area contributed by atoms with Gasteiger partial charge in [0, 0.05) is 49.0 Å². The van der Waals surface area contributed by atoms with Crippen molar-refractivity contribution in [2.75, 3.05) is 44.7 Å². The Morgan fingerprint density at radius 1 is 1.00 bits per heavy atom. The highest BCUT2D eigenvalue weighted by Gasteiger charge is 2.16. The second-order valence-electron chi connectivity index (χ2n) is 5.91. The predicted octanol–water partition coefficient (Wildman–Crippen LogP) is 4.18. The van der Waals surface area contributed by atoms with Gasteiger partial charge in [0.1, 0.15) is 5.75 Å². The summed E-state index contributed by atoms with van der Waals surface area (Å²) in [7, 11) is 1.71. The van der Waals surface area contributed by atoms with E-state index in [0.717, 1.165) is 49.1 Å². The van der Waals surface area contributed by atoms with Crippen molar-refractivity contribution in [2.45, 2.75) is 0 Å². The Morgan fingerprint density at radius 3 is 2.42 bits per heavy atom. The van der Waals surface area contributed by atoms with Crippen LogP contribution in [-0.2, 0) is 0 Å². The summed E-state index contributed by atoms with van der Waals surface area (Å²) >= 11 is 5.96. The van der Waals surface area contributed by atoms with Crippen LogP contribution in [0.5, 0.6) is 5.75 Å². The second-order valence-corrected chi connectivity index (χ2v) is 6.34. The molecule has 0 aromatic heterocycles. The van der Waals surface area contributed by atoms with Gasteiger partial charge in [-0.2, -0.15) is 0 Å². The third-order valence-electron chi connectivity index (χ3n) is 4.36. The molecule has 0 bridgehead atoms. The van der Waals surface area contributed by atoms with Crippen LogP contribution in [0.1, 0.15) is 5.56 Å². The summed E-state index contributed by atoms with van der Waals surface area (Å²) < 4.78 is 5.38. The van der Waals surface area contributed by atoms with Crippen molar-refractivity contribution in [2.24, 2.45) is 0 Å². The monoisotopic (exact) mass is 342 g/mol. The molecule has 0 unspecified atom stereocenters. The molecule has 0 saturated carbocycles. The van der Waals surface area contributed by atoms with E-state index in [1.54, 1.807) is 7.11 Å². The van der Waals surface area contributed by atoms with Gasteiger partial charge in [0.2, 0.25) is 0 Å². The van der Waals surface area contributed by atoms with Crippen LogP contribution in [-0.4, -0.2) is 44.7 Å². The third-order valence-corrected chi connectivity index (χ3v) is 4.62. The first-order valence-corrected chi connectivity index (χ1v) is 8.66. The van der Waals surface area contributed by atoms with Crippen molar-refractivity contribution in [3.8, 4) is 5.75 Å². The van der Waals surface area contributed by atoms with Gasteiger partial charge in [0.15, 0.2) is 0 Å². The van der Waals surface area contributed by atoms with Gasteiger partial charge in [-0.25, -0.2) is 0 Å². The SMILES string of the molecule is COc1ccccc1/C=C/CN1CCN(c2ccc(Cl)cc2)CC1. The number of piperazine rings is 1. The molecule has 4 heteroatoms. The van der Waals surface area contributed by atoms with Crippen LogP contribution < -0.4 is 9.64 Å². The first-order chi connectivity index (χ1) is 11.8. The Hall–Kier alpha value is -1.97. The second kappa shape index (κ2) is 8.22. The average Bonchev–Trinajstić information content (AvgIpc) is 2.63. The summed E-state index contributed by atoms with van der Waals surface area (Å²) in [6.45, 7) is 5.19. The zero-order valence-corrected chi connectivity index (χ0v) is 14.7. The molecule has 1 saturated heterocycles. The summed E-state index contributed by atoms with van der Waals surface area (Å²) in [5.74, 6) is 0.918. The van der Waals surface area contributed by atoms with E-state index in [9.17, 15) is 0 Å². The molecule has 0 atom stereocenters. The molecule has 24 heavy (non-hydrogen) atoms. The summed E-state index contributed by atoms with van der Waals surface area (Å²) in [6, 6.07) is 16.2. The number of ether oxygens (including phenoxy) is 1. The van der Waals surface area contributed by atoms with Crippen molar-refractivity contribution in [1.29, 1.82) is 0 Å². The number of nitrogens with zero attached hydrogens (tertiary/aromatic N) is 2. The van der Waals surface area contributed by atoms with Crippen LogP contribution in [0.3, 0.4) is 0 Å². The zero-order chi connectivity index (χ0) is 16.8. The van der Waals surface area contributed by atoms with Gasteiger partial charge in [-0.15, -0.1) is 0 Å². The predicted molar refractivity (Wildman–Crippen MR) is 102 cm³/mol. The number of rotatable bonds is 5. The number of benzene rings is 2. The third kappa shape index (κ3) is 4.31. The van der Waals surface area contributed by atoms with Crippen LogP contribution in [0.4, 0.5) is 5.69 Å². The van der Waals surface area contributed by atoms with E-state index in [4.69, 9.17) is 16.3 Å². The molecule has 126 valence electrons. The molecule has 1 aliphatic heterocycles. The Morgan fingerprint density at radius 2 is 1.71 bits per heavy atom. The highest BCUT2D eigenvalue weighted by Crippen LogP contribution is 2.20. The van der Waals surface area contributed by atoms with E-state index in [-0.39, 0.29) is 0 Å². The molecule has 1 fully saturated rings. The zero-order valence-electron chi connectivity index (χ0n) is 14.0. The minimum Gasteiger partial charge on any atom is -0.496 e. The maximum Gasteiger partial charge on any atom is 0.126 e. The molecule has 3 nitrogen and oxygen atoms in total.